The lowest BCUT2D eigenvalue weighted by Crippen LogP contribution is -2.39. The van der Waals surface area contributed by atoms with Crippen molar-refractivity contribution in [3.05, 3.63) is 29.3 Å². The molecule has 0 aromatic heterocycles. The predicted octanol–water partition coefficient (Wildman–Crippen LogP) is 1.09. The molecule has 0 N–H and O–H groups in total. The number of amides is 1. The summed E-state index contributed by atoms with van der Waals surface area (Å²) in [6, 6.07) is 6.06. The summed E-state index contributed by atoms with van der Waals surface area (Å²) in [5.41, 5.74) is 2.42. The summed E-state index contributed by atoms with van der Waals surface area (Å²) in [6.07, 6.45) is 1.94. The highest BCUT2D eigenvalue weighted by molar-refractivity contribution is 7.91. The number of fused-ring (bicyclic) bond motifs is 1. The lowest BCUT2D eigenvalue weighted by atomic mass is 9.99. The van der Waals surface area contributed by atoms with Crippen molar-refractivity contribution in [3.8, 4) is 5.75 Å². The van der Waals surface area contributed by atoms with Crippen LogP contribution in [-0.4, -0.2) is 68.9 Å². The Labute approximate surface area is 149 Å². The quantitative estimate of drug-likeness (QED) is 0.780. The van der Waals surface area contributed by atoms with Crippen LogP contribution in [0.2, 0.25) is 0 Å². The first-order chi connectivity index (χ1) is 11.9. The van der Waals surface area contributed by atoms with Crippen LogP contribution in [0.25, 0.3) is 0 Å². The molecule has 2 aliphatic heterocycles. The Morgan fingerprint density at radius 3 is 2.84 bits per heavy atom. The lowest BCUT2D eigenvalue weighted by Gasteiger charge is -2.30. The SMILES string of the molecule is COc1ccc2c(c1)CCN(C(=O)CCN(C)[C@H]1CCS(=O)(=O)C1)C2. The third-order valence-electron chi connectivity index (χ3n) is 5.29. The van der Waals surface area contributed by atoms with Gasteiger partial charge in [-0.15, -0.1) is 0 Å². The van der Waals surface area contributed by atoms with Gasteiger partial charge in [-0.25, -0.2) is 8.42 Å². The van der Waals surface area contributed by atoms with Gasteiger partial charge in [0.1, 0.15) is 5.75 Å². The Morgan fingerprint density at radius 2 is 2.16 bits per heavy atom. The average Bonchev–Trinajstić information content (AvgIpc) is 2.98. The standard InChI is InChI=1S/C18H26N2O4S/c1-19(16-7-10-25(22,23)13-16)8-6-18(21)20-9-5-14-11-17(24-2)4-3-15(14)12-20/h3-4,11,16H,5-10,12-13H2,1-2H3/t16-/m0/s1. The van der Waals surface area contributed by atoms with E-state index >= 15 is 0 Å². The predicted molar refractivity (Wildman–Crippen MR) is 96.4 cm³/mol. The molecule has 0 unspecified atom stereocenters. The summed E-state index contributed by atoms with van der Waals surface area (Å²) < 4.78 is 28.4. The minimum absolute atomic E-state index is 0.0485. The van der Waals surface area contributed by atoms with E-state index in [1.807, 2.05) is 35.0 Å². The summed E-state index contributed by atoms with van der Waals surface area (Å²) in [7, 11) is 0.686. The molecule has 1 fully saturated rings. The number of carbonyl (C=O) groups is 1. The molecule has 2 heterocycles. The van der Waals surface area contributed by atoms with Crippen LogP contribution in [0.3, 0.4) is 0 Å². The van der Waals surface area contributed by atoms with Crippen molar-refractivity contribution >= 4 is 15.7 Å². The Hall–Kier alpha value is -1.60. The van der Waals surface area contributed by atoms with Crippen LogP contribution >= 0.6 is 0 Å². The second kappa shape index (κ2) is 7.33. The molecule has 0 aliphatic carbocycles. The first kappa shape index (κ1) is 18.2. The number of sulfone groups is 1. The summed E-state index contributed by atoms with van der Waals surface area (Å²) in [4.78, 5) is 16.4. The Balaban J connectivity index is 1.52. The summed E-state index contributed by atoms with van der Waals surface area (Å²) >= 11 is 0. The van der Waals surface area contributed by atoms with E-state index in [0.29, 0.717) is 25.9 Å². The van der Waals surface area contributed by atoms with Gasteiger partial charge in [-0.1, -0.05) is 6.07 Å². The summed E-state index contributed by atoms with van der Waals surface area (Å²) in [5.74, 6) is 1.47. The number of carbonyl (C=O) groups excluding carboxylic acids is 1. The minimum atomic E-state index is -2.89. The smallest absolute Gasteiger partial charge is 0.224 e. The van der Waals surface area contributed by atoms with Crippen LogP contribution in [0.4, 0.5) is 0 Å². The van der Waals surface area contributed by atoms with Gasteiger partial charge in [0.15, 0.2) is 9.84 Å². The fraction of sp³-hybridized carbons (Fsp3) is 0.611. The number of benzene rings is 1. The third-order valence-corrected chi connectivity index (χ3v) is 7.04. The number of hydrogen-bond acceptors (Lipinski definition) is 5. The topological polar surface area (TPSA) is 66.9 Å². The first-order valence-electron chi connectivity index (χ1n) is 8.72. The van der Waals surface area contributed by atoms with E-state index in [1.54, 1.807) is 7.11 Å². The zero-order valence-electron chi connectivity index (χ0n) is 14.9. The molecule has 0 radical (unpaired) electrons. The van der Waals surface area contributed by atoms with Crippen LogP contribution in [-0.2, 0) is 27.6 Å². The van der Waals surface area contributed by atoms with Gasteiger partial charge in [-0.3, -0.25) is 4.79 Å². The minimum Gasteiger partial charge on any atom is -0.497 e. The van der Waals surface area contributed by atoms with E-state index < -0.39 is 9.84 Å². The highest BCUT2D eigenvalue weighted by Gasteiger charge is 2.31. The molecule has 1 atom stereocenters. The lowest BCUT2D eigenvalue weighted by molar-refractivity contribution is -0.132. The summed E-state index contributed by atoms with van der Waals surface area (Å²) in [5, 5.41) is 0. The number of hydrogen-bond donors (Lipinski definition) is 0. The van der Waals surface area contributed by atoms with E-state index in [2.05, 4.69) is 0 Å². The van der Waals surface area contributed by atoms with Crippen molar-refractivity contribution in [3.63, 3.8) is 0 Å². The average molecular weight is 366 g/mol. The van der Waals surface area contributed by atoms with Crippen LogP contribution in [0.5, 0.6) is 5.75 Å². The van der Waals surface area contributed by atoms with E-state index in [1.165, 1.54) is 11.1 Å². The second-order valence-electron chi connectivity index (χ2n) is 6.99. The molecule has 1 aromatic carbocycles. The van der Waals surface area contributed by atoms with Gasteiger partial charge in [0.25, 0.3) is 0 Å². The van der Waals surface area contributed by atoms with Crippen molar-refractivity contribution in [2.24, 2.45) is 0 Å². The zero-order chi connectivity index (χ0) is 18.0. The molecule has 0 saturated carbocycles. The Bertz CT molecular complexity index is 747. The van der Waals surface area contributed by atoms with Crippen LogP contribution in [0, 0.1) is 0 Å². The molecule has 2 aliphatic rings. The van der Waals surface area contributed by atoms with Crippen LogP contribution in [0.15, 0.2) is 18.2 Å². The highest BCUT2D eigenvalue weighted by atomic mass is 32.2. The van der Waals surface area contributed by atoms with Gasteiger partial charge in [-0.2, -0.15) is 0 Å². The number of methoxy groups -OCH3 is 1. The molecule has 3 rings (SSSR count). The molecule has 1 aromatic rings. The summed E-state index contributed by atoms with van der Waals surface area (Å²) in [6.45, 7) is 1.96. The number of ether oxygens (including phenoxy) is 1. The van der Waals surface area contributed by atoms with Gasteiger partial charge >= 0.3 is 0 Å². The van der Waals surface area contributed by atoms with Crippen LogP contribution < -0.4 is 4.74 Å². The largest absolute Gasteiger partial charge is 0.497 e. The fourth-order valence-corrected chi connectivity index (χ4v) is 5.41. The molecule has 1 saturated heterocycles. The maximum atomic E-state index is 12.5. The van der Waals surface area contributed by atoms with E-state index in [0.717, 1.165) is 18.7 Å². The number of rotatable bonds is 5. The molecule has 25 heavy (non-hydrogen) atoms. The molecule has 7 heteroatoms. The normalized spacial score (nSPS) is 22.0. The van der Waals surface area contributed by atoms with Gasteiger partial charge in [0.05, 0.1) is 18.6 Å². The number of nitrogens with zero attached hydrogens (tertiary/aromatic N) is 2. The van der Waals surface area contributed by atoms with Crippen molar-refractivity contribution < 1.29 is 17.9 Å². The van der Waals surface area contributed by atoms with E-state index in [9.17, 15) is 13.2 Å². The van der Waals surface area contributed by atoms with Crippen molar-refractivity contribution in [1.29, 1.82) is 0 Å². The first-order valence-corrected chi connectivity index (χ1v) is 10.5. The Kier molecular flexibility index (Phi) is 5.34. The fourth-order valence-electron chi connectivity index (χ4n) is 3.60. The molecular formula is C18H26N2O4S. The molecule has 0 bridgehead atoms. The monoisotopic (exact) mass is 366 g/mol. The Morgan fingerprint density at radius 1 is 1.36 bits per heavy atom. The van der Waals surface area contributed by atoms with Gasteiger partial charge < -0.3 is 14.5 Å². The molecule has 138 valence electrons. The highest BCUT2D eigenvalue weighted by Crippen LogP contribution is 2.24. The maximum Gasteiger partial charge on any atom is 0.224 e. The van der Waals surface area contributed by atoms with Crippen molar-refractivity contribution in [1.82, 2.24) is 9.80 Å². The van der Waals surface area contributed by atoms with Gasteiger partial charge in [0.2, 0.25) is 5.91 Å². The van der Waals surface area contributed by atoms with E-state index in [-0.39, 0.29) is 23.5 Å². The third kappa shape index (κ3) is 4.33. The zero-order valence-corrected chi connectivity index (χ0v) is 15.7. The van der Waals surface area contributed by atoms with Gasteiger partial charge in [-0.05, 0) is 43.1 Å². The molecular weight excluding hydrogens is 340 g/mol. The van der Waals surface area contributed by atoms with Gasteiger partial charge in [0, 0.05) is 32.1 Å². The molecule has 6 nitrogen and oxygen atoms in total. The van der Waals surface area contributed by atoms with E-state index in [4.69, 9.17) is 4.74 Å². The van der Waals surface area contributed by atoms with Crippen molar-refractivity contribution in [2.75, 3.05) is 38.8 Å². The molecule has 1 amide bonds. The second-order valence-corrected chi connectivity index (χ2v) is 9.22. The maximum absolute atomic E-state index is 12.5. The van der Waals surface area contributed by atoms with Crippen molar-refractivity contribution in [2.45, 2.75) is 31.8 Å². The molecule has 0 spiro atoms. The van der Waals surface area contributed by atoms with Crippen LogP contribution in [0.1, 0.15) is 24.0 Å².